The van der Waals surface area contributed by atoms with Crippen LogP contribution in [0.5, 0.6) is 0 Å². The minimum atomic E-state index is -1.12. The Bertz CT molecular complexity index is 720. The predicted octanol–water partition coefficient (Wildman–Crippen LogP) is 0.544. The molecule has 0 aliphatic rings. The second-order valence-electron chi connectivity index (χ2n) is 4.68. The number of carbonyl (C=O) groups excluding carboxylic acids is 1. The fraction of sp³-hybridized carbons (Fsp3) is 0.286. The van der Waals surface area contributed by atoms with Gasteiger partial charge in [0.25, 0.3) is 5.91 Å². The molecule has 0 aliphatic carbocycles. The molecule has 1 unspecified atom stereocenters. The highest BCUT2D eigenvalue weighted by molar-refractivity contribution is 5.93. The van der Waals surface area contributed by atoms with Crippen molar-refractivity contribution in [3.63, 3.8) is 0 Å². The van der Waals surface area contributed by atoms with E-state index in [-0.39, 0.29) is 5.82 Å². The smallest absolute Gasteiger partial charge is 0.348 e. The third-order valence-electron chi connectivity index (χ3n) is 3.01. The summed E-state index contributed by atoms with van der Waals surface area (Å²) in [5.41, 5.74) is -0.0649. The van der Waals surface area contributed by atoms with E-state index in [1.807, 2.05) is 6.92 Å². The Morgan fingerprint density at radius 3 is 2.64 bits per heavy atom. The van der Waals surface area contributed by atoms with E-state index in [2.05, 4.69) is 15.4 Å². The van der Waals surface area contributed by atoms with Crippen molar-refractivity contribution in [2.75, 3.05) is 0 Å². The van der Waals surface area contributed by atoms with Crippen molar-refractivity contribution in [2.45, 2.75) is 25.8 Å². The SMILES string of the molecule is CCCC(NC(=O)c1nn(-c2ccccc2)c(=O)[nH]1)C(=O)O. The molecule has 116 valence electrons. The molecule has 8 nitrogen and oxygen atoms in total. The fourth-order valence-electron chi connectivity index (χ4n) is 1.94. The van der Waals surface area contributed by atoms with Crippen molar-refractivity contribution in [3.8, 4) is 5.69 Å². The van der Waals surface area contributed by atoms with E-state index < -0.39 is 23.6 Å². The molecule has 1 heterocycles. The zero-order valence-electron chi connectivity index (χ0n) is 11.9. The number of carbonyl (C=O) groups is 2. The van der Waals surface area contributed by atoms with E-state index in [1.165, 1.54) is 0 Å². The highest BCUT2D eigenvalue weighted by Crippen LogP contribution is 2.03. The molecule has 0 aliphatic heterocycles. The number of aromatic amines is 1. The Kier molecular flexibility index (Phi) is 4.72. The summed E-state index contributed by atoms with van der Waals surface area (Å²) in [6.45, 7) is 1.81. The summed E-state index contributed by atoms with van der Waals surface area (Å²) in [4.78, 5) is 37.2. The number of carboxylic acid groups (broad SMARTS) is 1. The van der Waals surface area contributed by atoms with Crippen LogP contribution in [0.4, 0.5) is 0 Å². The number of nitrogens with zero attached hydrogens (tertiary/aromatic N) is 2. The van der Waals surface area contributed by atoms with Gasteiger partial charge in [0, 0.05) is 0 Å². The van der Waals surface area contributed by atoms with Gasteiger partial charge in [-0.2, -0.15) is 4.68 Å². The average Bonchev–Trinajstić information content (AvgIpc) is 2.89. The zero-order chi connectivity index (χ0) is 16.1. The van der Waals surface area contributed by atoms with Gasteiger partial charge in [0.2, 0.25) is 5.82 Å². The first-order valence-corrected chi connectivity index (χ1v) is 6.81. The molecule has 0 radical (unpaired) electrons. The van der Waals surface area contributed by atoms with E-state index in [9.17, 15) is 14.4 Å². The number of benzene rings is 1. The number of nitrogens with one attached hydrogen (secondary N) is 2. The summed E-state index contributed by atoms with van der Waals surface area (Å²) in [5.74, 6) is -2.08. The maximum atomic E-state index is 12.0. The number of rotatable bonds is 6. The Morgan fingerprint density at radius 2 is 2.05 bits per heavy atom. The first-order chi connectivity index (χ1) is 10.5. The Hall–Kier alpha value is -2.90. The van der Waals surface area contributed by atoms with Gasteiger partial charge in [0.05, 0.1) is 5.69 Å². The van der Waals surface area contributed by atoms with Gasteiger partial charge in [0.15, 0.2) is 0 Å². The number of carboxylic acids is 1. The quantitative estimate of drug-likeness (QED) is 0.720. The lowest BCUT2D eigenvalue weighted by Gasteiger charge is -2.11. The monoisotopic (exact) mass is 304 g/mol. The topological polar surface area (TPSA) is 117 Å². The number of aliphatic carboxylic acids is 1. The van der Waals surface area contributed by atoms with E-state index >= 15 is 0 Å². The van der Waals surface area contributed by atoms with Crippen LogP contribution in [-0.2, 0) is 4.79 Å². The Labute approximate surface area is 125 Å². The van der Waals surface area contributed by atoms with Crippen molar-refractivity contribution in [3.05, 3.63) is 46.6 Å². The second-order valence-corrected chi connectivity index (χ2v) is 4.68. The molecule has 0 fully saturated rings. The van der Waals surface area contributed by atoms with Crippen LogP contribution >= 0.6 is 0 Å². The van der Waals surface area contributed by atoms with Crippen LogP contribution in [-0.4, -0.2) is 37.8 Å². The summed E-state index contributed by atoms with van der Waals surface area (Å²) in [6.07, 6.45) is 0.900. The third kappa shape index (κ3) is 3.40. The minimum absolute atomic E-state index is 0.226. The van der Waals surface area contributed by atoms with Crippen molar-refractivity contribution in [2.24, 2.45) is 0 Å². The molecule has 1 aromatic heterocycles. The van der Waals surface area contributed by atoms with Gasteiger partial charge in [-0.05, 0) is 18.6 Å². The van der Waals surface area contributed by atoms with Crippen LogP contribution in [0.25, 0.3) is 5.69 Å². The van der Waals surface area contributed by atoms with Crippen LogP contribution in [0.1, 0.15) is 30.4 Å². The summed E-state index contributed by atoms with van der Waals surface area (Å²) in [6, 6.07) is 7.58. The number of hydrogen-bond donors (Lipinski definition) is 3. The molecule has 1 aromatic carbocycles. The number of amides is 1. The number of aromatic nitrogens is 3. The molecule has 22 heavy (non-hydrogen) atoms. The third-order valence-corrected chi connectivity index (χ3v) is 3.01. The second kappa shape index (κ2) is 6.70. The minimum Gasteiger partial charge on any atom is -0.480 e. The lowest BCUT2D eigenvalue weighted by Crippen LogP contribution is -2.41. The first kappa shape index (κ1) is 15.5. The van der Waals surface area contributed by atoms with E-state index in [1.54, 1.807) is 30.3 Å². The maximum Gasteiger partial charge on any atom is 0.348 e. The number of hydrogen-bond acceptors (Lipinski definition) is 4. The Morgan fingerprint density at radius 1 is 1.36 bits per heavy atom. The highest BCUT2D eigenvalue weighted by atomic mass is 16.4. The standard InChI is InChI=1S/C14H16N4O4/c1-2-6-10(13(20)21)15-12(19)11-16-14(22)18(17-11)9-7-4-3-5-8-9/h3-5,7-8,10H,2,6H2,1H3,(H,15,19)(H,20,21)(H,16,17,22). The summed E-state index contributed by atoms with van der Waals surface area (Å²) in [7, 11) is 0. The lowest BCUT2D eigenvalue weighted by atomic mass is 10.1. The molecule has 0 spiro atoms. The number of H-pyrrole nitrogens is 1. The van der Waals surface area contributed by atoms with Crippen molar-refractivity contribution in [1.82, 2.24) is 20.1 Å². The van der Waals surface area contributed by atoms with Gasteiger partial charge in [-0.1, -0.05) is 31.5 Å². The summed E-state index contributed by atoms with van der Waals surface area (Å²) >= 11 is 0. The van der Waals surface area contributed by atoms with Crippen LogP contribution in [0, 0.1) is 0 Å². The van der Waals surface area contributed by atoms with Gasteiger partial charge in [-0.25, -0.2) is 9.59 Å². The van der Waals surface area contributed by atoms with Crippen LogP contribution in [0.15, 0.2) is 35.1 Å². The molecule has 8 heteroatoms. The molecule has 2 aromatic rings. The summed E-state index contributed by atoms with van der Waals surface area (Å²) < 4.78 is 1.05. The molecular formula is C14H16N4O4. The molecule has 0 saturated heterocycles. The zero-order valence-corrected chi connectivity index (χ0v) is 11.9. The molecule has 1 atom stereocenters. The Balaban J connectivity index is 2.22. The molecule has 1 amide bonds. The lowest BCUT2D eigenvalue weighted by molar-refractivity contribution is -0.139. The van der Waals surface area contributed by atoms with Crippen LogP contribution < -0.4 is 11.0 Å². The van der Waals surface area contributed by atoms with Crippen molar-refractivity contribution < 1.29 is 14.7 Å². The predicted molar refractivity (Wildman–Crippen MR) is 78.0 cm³/mol. The number of para-hydroxylation sites is 1. The van der Waals surface area contributed by atoms with Crippen LogP contribution in [0.2, 0.25) is 0 Å². The van der Waals surface area contributed by atoms with Crippen LogP contribution in [0.3, 0.4) is 0 Å². The van der Waals surface area contributed by atoms with Gasteiger partial charge >= 0.3 is 11.7 Å². The normalized spacial score (nSPS) is 11.9. The van der Waals surface area contributed by atoms with Gasteiger partial charge in [-0.3, -0.25) is 9.78 Å². The first-order valence-electron chi connectivity index (χ1n) is 6.81. The van der Waals surface area contributed by atoms with Gasteiger partial charge < -0.3 is 10.4 Å². The maximum absolute atomic E-state index is 12.0. The molecule has 0 saturated carbocycles. The largest absolute Gasteiger partial charge is 0.480 e. The van der Waals surface area contributed by atoms with E-state index in [4.69, 9.17) is 5.11 Å². The fourth-order valence-corrected chi connectivity index (χ4v) is 1.94. The van der Waals surface area contributed by atoms with Crippen molar-refractivity contribution >= 4 is 11.9 Å². The van der Waals surface area contributed by atoms with Gasteiger partial charge in [0.1, 0.15) is 6.04 Å². The van der Waals surface area contributed by atoms with E-state index in [0.29, 0.717) is 18.5 Å². The summed E-state index contributed by atoms with van der Waals surface area (Å²) in [5, 5.41) is 15.3. The molecule has 2 rings (SSSR count). The van der Waals surface area contributed by atoms with Crippen molar-refractivity contribution in [1.29, 1.82) is 0 Å². The highest BCUT2D eigenvalue weighted by Gasteiger charge is 2.22. The van der Waals surface area contributed by atoms with E-state index in [0.717, 1.165) is 4.68 Å². The molecule has 3 N–H and O–H groups in total. The average molecular weight is 304 g/mol. The molecule has 0 bridgehead atoms. The van der Waals surface area contributed by atoms with Gasteiger partial charge in [-0.15, -0.1) is 5.10 Å². The molecular weight excluding hydrogens is 288 g/mol.